The lowest BCUT2D eigenvalue weighted by molar-refractivity contribution is -0.148. The smallest absolute Gasteiger partial charge is 0.325 e. The van der Waals surface area contributed by atoms with Crippen molar-refractivity contribution in [2.24, 2.45) is 0 Å². The van der Waals surface area contributed by atoms with Crippen LogP contribution < -0.4 is 0 Å². The molecule has 1 unspecified atom stereocenters. The standard InChI is InChI=1S/C10H18O10S.H2O/c11-1-2-18-3-4-19-5-6-20-9(12)7-8(10(13)14)21(15,16)17;/h8,11H,1-7H2,(H,13,14)(H,15,16,17);1H2. The van der Waals surface area contributed by atoms with Crippen LogP contribution in [0.15, 0.2) is 0 Å². The molecule has 0 aliphatic carbocycles. The molecule has 0 saturated heterocycles. The van der Waals surface area contributed by atoms with Gasteiger partial charge in [-0.05, 0) is 0 Å². The van der Waals surface area contributed by atoms with Crippen LogP contribution in [-0.4, -0.2) is 85.5 Å². The third-order valence-electron chi connectivity index (χ3n) is 2.09. The molecule has 0 aromatic heterocycles. The Morgan fingerprint density at radius 2 is 1.50 bits per heavy atom. The van der Waals surface area contributed by atoms with Crippen molar-refractivity contribution in [3.63, 3.8) is 0 Å². The number of aliphatic hydroxyl groups is 1. The molecular formula is C10H20O11S. The minimum Gasteiger partial charge on any atom is -0.480 e. The van der Waals surface area contributed by atoms with Gasteiger partial charge in [0.05, 0.1) is 39.5 Å². The highest BCUT2D eigenvalue weighted by molar-refractivity contribution is 7.87. The first-order valence-corrected chi connectivity index (χ1v) is 7.40. The first kappa shape index (κ1) is 23.0. The number of hydrogen-bond acceptors (Lipinski definition) is 8. The summed E-state index contributed by atoms with van der Waals surface area (Å²) >= 11 is 0. The summed E-state index contributed by atoms with van der Waals surface area (Å²) in [6, 6.07) is 0. The van der Waals surface area contributed by atoms with Crippen LogP contribution in [0.2, 0.25) is 0 Å². The Morgan fingerprint density at radius 3 is 1.95 bits per heavy atom. The van der Waals surface area contributed by atoms with Gasteiger partial charge in [-0.3, -0.25) is 14.1 Å². The number of carbonyl (C=O) groups excluding carboxylic acids is 1. The lowest BCUT2D eigenvalue weighted by atomic mass is 10.3. The number of carboxylic acids is 1. The fraction of sp³-hybridized carbons (Fsp3) is 0.800. The van der Waals surface area contributed by atoms with Crippen LogP contribution in [0.25, 0.3) is 0 Å². The van der Waals surface area contributed by atoms with Gasteiger partial charge in [-0.1, -0.05) is 0 Å². The molecule has 22 heavy (non-hydrogen) atoms. The normalized spacial score (nSPS) is 12.3. The van der Waals surface area contributed by atoms with E-state index in [0.717, 1.165) is 0 Å². The van der Waals surface area contributed by atoms with Crippen molar-refractivity contribution < 1.29 is 52.5 Å². The van der Waals surface area contributed by atoms with E-state index in [2.05, 4.69) is 4.74 Å². The minimum absolute atomic E-state index is 0. The lowest BCUT2D eigenvalue weighted by Gasteiger charge is -2.09. The Kier molecular flexibility index (Phi) is 12.8. The number of hydrogen-bond donors (Lipinski definition) is 3. The topological polar surface area (TPSA) is 188 Å². The van der Waals surface area contributed by atoms with E-state index in [9.17, 15) is 18.0 Å². The Balaban J connectivity index is 0. The molecule has 0 aliphatic heterocycles. The summed E-state index contributed by atoms with van der Waals surface area (Å²) in [6.07, 6.45) is -0.992. The molecule has 0 spiro atoms. The summed E-state index contributed by atoms with van der Waals surface area (Å²) in [4.78, 5) is 21.8. The van der Waals surface area contributed by atoms with Crippen LogP contribution in [0.3, 0.4) is 0 Å². The molecule has 132 valence electrons. The van der Waals surface area contributed by atoms with Crippen molar-refractivity contribution in [2.75, 3.05) is 39.6 Å². The number of esters is 1. The Morgan fingerprint density at radius 1 is 1.00 bits per heavy atom. The van der Waals surface area contributed by atoms with E-state index in [-0.39, 0.29) is 45.1 Å². The number of carboxylic acid groups (broad SMARTS) is 1. The van der Waals surface area contributed by atoms with Crippen molar-refractivity contribution in [1.29, 1.82) is 0 Å². The highest BCUT2D eigenvalue weighted by Crippen LogP contribution is 2.06. The van der Waals surface area contributed by atoms with Crippen molar-refractivity contribution in [3.8, 4) is 0 Å². The second-order valence-corrected chi connectivity index (χ2v) is 5.31. The molecule has 0 heterocycles. The molecule has 0 bridgehead atoms. The molecule has 0 aromatic carbocycles. The second-order valence-electron chi connectivity index (χ2n) is 3.71. The van der Waals surface area contributed by atoms with Gasteiger partial charge in [0.1, 0.15) is 6.61 Å². The van der Waals surface area contributed by atoms with Gasteiger partial charge in [0.15, 0.2) is 5.25 Å². The third kappa shape index (κ3) is 11.4. The summed E-state index contributed by atoms with van der Waals surface area (Å²) in [5.74, 6) is -2.92. The van der Waals surface area contributed by atoms with Gasteiger partial charge in [0.25, 0.3) is 10.1 Å². The fourth-order valence-electron chi connectivity index (χ4n) is 1.13. The van der Waals surface area contributed by atoms with Crippen LogP contribution in [0.5, 0.6) is 0 Å². The van der Waals surface area contributed by atoms with E-state index in [1.54, 1.807) is 0 Å². The van der Waals surface area contributed by atoms with Crippen LogP contribution in [0.4, 0.5) is 0 Å². The van der Waals surface area contributed by atoms with Gasteiger partial charge in [0, 0.05) is 0 Å². The molecule has 0 saturated carbocycles. The van der Waals surface area contributed by atoms with E-state index >= 15 is 0 Å². The van der Waals surface area contributed by atoms with Crippen LogP contribution in [0.1, 0.15) is 6.42 Å². The summed E-state index contributed by atoms with van der Waals surface area (Å²) in [6.45, 7) is 0.355. The number of rotatable bonds is 12. The van der Waals surface area contributed by atoms with Gasteiger partial charge in [-0.25, -0.2) is 0 Å². The van der Waals surface area contributed by atoms with Crippen LogP contribution >= 0.6 is 0 Å². The van der Waals surface area contributed by atoms with E-state index in [1.807, 2.05) is 0 Å². The van der Waals surface area contributed by atoms with E-state index in [1.165, 1.54) is 0 Å². The first-order chi connectivity index (χ1) is 9.79. The van der Waals surface area contributed by atoms with E-state index < -0.39 is 33.7 Å². The maximum Gasteiger partial charge on any atom is 0.325 e. The molecule has 0 amide bonds. The summed E-state index contributed by atoms with van der Waals surface area (Å²) in [5.41, 5.74) is 0. The largest absolute Gasteiger partial charge is 0.480 e. The quantitative estimate of drug-likeness (QED) is 0.192. The molecular weight excluding hydrogens is 328 g/mol. The molecule has 5 N–H and O–H groups in total. The molecule has 12 heteroatoms. The monoisotopic (exact) mass is 348 g/mol. The summed E-state index contributed by atoms with van der Waals surface area (Å²) in [7, 11) is -4.88. The Labute approximate surface area is 126 Å². The molecule has 0 aliphatic rings. The van der Waals surface area contributed by atoms with Gasteiger partial charge >= 0.3 is 11.9 Å². The maximum atomic E-state index is 11.2. The van der Waals surface area contributed by atoms with Gasteiger partial charge < -0.3 is 29.9 Å². The third-order valence-corrected chi connectivity index (χ3v) is 3.17. The zero-order valence-corrected chi connectivity index (χ0v) is 12.5. The highest BCUT2D eigenvalue weighted by Gasteiger charge is 2.33. The van der Waals surface area contributed by atoms with Gasteiger partial charge in [-0.2, -0.15) is 8.42 Å². The first-order valence-electron chi connectivity index (χ1n) is 5.90. The molecule has 11 nitrogen and oxygen atoms in total. The highest BCUT2D eigenvalue weighted by atomic mass is 32.2. The predicted molar refractivity (Wildman–Crippen MR) is 70.9 cm³/mol. The SMILES string of the molecule is O.O=C(CC(C(=O)O)S(=O)(=O)O)OCCOCCOCCO. The average molecular weight is 348 g/mol. The lowest BCUT2D eigenvalue weighted by Crippen LogP contribution is -2.32. The van der Waals surface area contributed by atoms with Gasteiger partial charge in [0.2, 0.25) is 0 Å². The van der Waals surface area contributed by atoms with Crippen molar-refractivity contribution in [3.05, 3.63) is 0 Å². The van der Waals surface area contributed by atoms with E-state index in [4.69, 9.17) is 24.2 Å². The molecule has 0 aromatic rings. The number of carbonyl (C=O) groups is 2. The second kappa shape index (κ2) is 12.3. The molecule has 0 fully saturated rings. The summed E-state index contributed by atoms with van der Waals surface area (Å²) < 4.78 is 44.5. The van der Waals surface area contributed by atoms with Crippen LogP contribution in [0, 0.1) is 0 Å². The Hall–Kier alpha value is -1.31. The van der Waals surface area contributed by atoms with Crippen molar-refractivity contribution in [1.82, 2.24) is 0 Å². The maximum absolute atomic E-state index is 11.2. The number of ether oxygens (including phenoxy) is 3. The Bertz CT molecular complexity index is 419. The molecule has 0 radical (unpaired) electrons. The van der Waals surface area contributed by atoms with Crippen molar-refractivity contribution >= 4 is 22.1 Å². The number of aliphatic hydroxyl groups excluding tert-OH is 1. The molecule has 1 atom stereocenters. The number of aliphatic carboxylic acids is 1. The minimum atomic E-state index is -4.88. The predicted octanol–water partition coefficient (Wildman–Crippen LogP) is -2.54. The zero-order valence-electron chi connectivity index (χ0n) is 11.6. The van der Waals surface area contributed by atoms with Gasteiger partial charge in [-0.15, -0.1) is 0 Å². The average Bonchev–Trinajstić information content (AvgIpc) is 2.37. The molecule has 0 rings (SSSR count). The van der Waals surface area contributed by atoms with E-state index in [0.29, 0.717) is 0 Å². The van der Waals surface area contributed by atoms with Crippen LogP contribution in [-0.2, 0) is 33.9 Å². The zero-order chi connectivity index (χ0) is 16.3. The fourth-order valence-corrected chi connectivity index (χ4v) is 1.73. The van der Waals surface area contributed by atoms with Crippen molar-refractivity contribution in [2.45, 2.75) is 11.7 Å². The summed E-state index contributed by atoms with van der Waals surface area (Å²) in [5, 5.41) is 14.7.